The highest BCUT2D eigenvalue weighted by atomic mass is 16.4. The van der Waals surface area contributed by atoms with Gasteiger partial charge in [-0.2, -0.15) is 0 Å². The summed E-state index contributed by atoms with van der Waals surface area (Å²) in [6.07, 6.45) is 0.973. The normalized spacial score (nSPS) is 10.9. The molecule has 0 unspecified atom stereocenters. The van der Waals surface area contributed by atoms with Crippen LogP contribution in [0.15, 0.2) is 45.6 Å². The number of nitrogens with one attached hydrogen (secondary N) is 2. The molecule has 0 aliphatic carbocycles. The Morgan fingerprint density at radius 1 is 1.13 bits per heavy atom. The molecular formula is C18H18N2O3. The monoisotopic (exact) mass is 310 g/mol. The fourth-order valence-corrected chi connectivity index (χ4v) is 2.46. The number of hydrogen-bond acceptors (Lipinski definition) is 3. The minimum atomic E-state index is -0.468. The van der Waals surface area contributed by atoms with Crippen LogP contribution in [0.5, 0.6) is 0 Å². The lowest BCUT2D eigenvalue weighted by Gasteiger charge is -2.08. The van der Waals surface area contributed by atoms with Gasteiger partial charge in [-0.25, -0.2) is 4.79 Å². The van der Waals surface area contributed by atoms with E-state index in [1.165, 1.54) is 5.56 Å². The molecule has 0 fully saturated rings. The molecule has 3 rings (SSSR count). The van der Waals surface area contributed by atoms with Crippen LogP contribution in [0, 0.1) is 13.8 Å². The van der Waals surface area contributed by atoms with Crippen molar-refractivity contribution in [3.05, 3.63) is 63.6 Å². The smallest absolute Gasteiger partial charge is 0.408 e. The molecule has 5 heteroatoms. The number of carbonyl (C=O) groups excluding carboxylic acids is 1. The standard InChI is InChI=1S/C18H18N2O3/c1-11-3-6-14(9-12(11)2)19-17(21)8-5-13-4-7-16-15(10-13)20-18(22)23-16/h3-4,6-7,9-10H,5,8H2,1-2H3,(H,19,21)(H,20,22). The maximum Gasteiger partial charge on any atom is 0.417 e. The summed E-state index contributed by atoms with van der Waals surface area (Å²) in [6.45, 7) is 4.06. The zero-order valence-electron chi connectivity index (χ0n) is 13.1. The Kier molecular flexibility index (Phi) is 4.02. The number of oxazole rings is 1. The van der Waals surface area contributed by atoms with E-state index >= 15 is 0 Å². The minimum Gasteiger partial charge on any atom is -0.408 e. The lowest BCUT2D eigenvalue weighted by molar-refractivity contribution is -0.116. The van der Waals surface area contributed by atoms with Crippen molar-refractivity contribution in [3.63, 3.8) is 0 Å². The van der Waals surface area contributed by atoms with Crippen LogP contribution in [0.3, 0.4) is 0 Å². The van der Waals surface area contributed by atoms with E-state index in [9.17, 15) is 9.59 Å². The van der Waals surface area contributed by atoms with E-state index in [0.29, 0.717) is 23.9 Å². The zero-order chi connectivity index (χ0) is 16.4. The summed E-state index contributed by atoms with van der Waals surface area (Å²) in [7, 11) is 0. The fourth-order valence-electron chi connectivity index (χ4n) is 2.46. The lowest BCUT2D eigenvalue weighted by atomic mass is 10.1. The number of hydrogen-bond donors (Lipinski definition) is 2. The molecule has 0 bridgehead atoms. The SMILES string of the molecule is Cc1ccc(NC(=O)CCc2ccc3oc(=O)[nH]c3c2)cc1C. The molecule has 1 amide bonds. The molecule has 2 N–H and O–H groups in total. The van der Waals surface area contributed by atoms with Gasteiger partial charge in [0.05, 0.1) is 5.52 Å². The maximum atomic E-state index is 12.1. The molecule has 118 valence electrons. The first-order valence-corrected chi connectivity index (χ1v) is 7.50. The fraction of sp³-hybridized carbons (Fsp3) is 0.222. The number of aromatic nitrogens is 1. The van der Waals surface area contributed by atoms with Gasteiger partial charge in [0.25, 0.3) is 0 Å². The van der Waals surface area contributed by atoms with Gasteiger partial charge in [-0.05, 0) is 61.2 Å². The summed E-state index contributed by atoms with van der Waals surface area (Å²) in [5.41, 5.74) is 5.32. The van der Waals surface area contributed by atoms with E-state index in [-0.39, 0.29) is 5.91 Å². The highest BCUT2D eigenvalue weighted by Crippen LogP contribution is 2.16. The summed E-state index contributed by atoms with van der Waals surface area (Å²) >= 11 is 0. The third-order valence-electron chi connectivity index (χ3n) is 3.91. The number of rotatable bonds is 4. The van der Waals surface area contributed by atoms with Crippen molar-refractivity contribution in [2.45, 2.75) is 26.7 Å². The molecule has 23 heavy (non-hydrogen) atoms. The van der Waals surface area contributed by atoms with Crippen molar-refractivity contribution in [2.24, 2.45) is 0 Å². The van der Waals surface area contributed by atoms with Crippen molar-refractivity contribution in [1.29, 1.82) is 0 Å². The van der Waals surface area contributed by atoms with E-state index < -0.39 is 5.76 Å². The van der Waals surface area contributed by atoms with Gasteiger partial charge in [-0.3, -0.25) is 9.78 Å². The van der Waals surface area contributed by atoms with E-state index in [1.54, 1.807) is 6.07 Å². The highest BCUT2D eigenvalue weighted by Gasteiger charge is 2.06. The average molecular weight is 310 g/mol. The maximum absolute atomic E-state index is 12.1. The second kappa shape index (κ2) is 6.12. The number of anilines is 1. The molecule has 0 atom stereocenters. The van der Waals surface area contributed by atoms with Crippen molar-refractivity contribution < 1.29 is 9.21 Å². The number of H-pyrrole nitrogens is 1. The molecule has 0 spiro atoms. The van der Waals surface area contributed by atoms with Crippen LogP contribution in [0.4, 0.5) is 5.69 Å². The van der Waals surface area contributed by atoms with Crippen LogP contribution in [0.2, 0.25) is 0 Å². The van der Waals surface area contributed by atoms with Crippen LogP contribution < -0.4 is 11.1 Å². The summed E-state index contributed by atoms with van der Waals surface area (Å²) in [5, 5.41) is 2.91. The molecule has 0 radical (unpaired) electrons. The molecule has 3 aromatic rings. The van der Waals surface area contributed by atoms with Gasteiger partial charge in [0.1, 0.15) is 0 Å². The molecule has 0 saturated heterocycles. The van der Waals surface area contributed by atoms with Gasteiger partial charge in [-0.1, -0.05) is 12.1 Å². The Morgan fingerprint density at radius 2 is 1.96 bits per heavy atom. The Bertz CT molecular complexity index is 921. The number of amides is 1. The summed E-state index contributed by atoms with van der Waals surface area (Å²) in [5.74, 6) is -0.501. The molecule has 2 aromatic carbocycles. The molecule has 0 saturated carbocycles. The first-order chi connectivity index (χ1) is 11.0. The van der Waals surface area contributed by atoms with Gasteiger partial charge >= 0.3 is 5.76 Å². The summed E-state index contributed by atoms with van der Waals surface area (Å²) in [4.78, 5) is 25.8. The predicted octanol–water partition coefficient (Wildman–Crippen LogP) is 3.31. The third-order valence-corrected chi connectivity index (χ3v) is 3.91. The number of benzene rings is 2. The first kappa shape index (κ1) is 15.1. The molecule has 0 aliphatic rings. The molecule has 0 aliphatic heterocycles. The lowest BCUT2D eigenvalue weighted by Crippen LogP contribution is -2.12. The van der Waals surface area contributed by atoms with Gasteiger partial charge in [-0.15, -0.1) is 0 Å². The van der Waals surface area contributed by atoms with E-state index in [1.807, 2.05) is 44.2 Å². The van der Waals surface area contributed by atoms with Gasteiger partial charge in [0, 0.05) is 12.1 Å². The number of fused-ring (bicyclic) bond motifs is 1. The van der Waals surface area contributed by atoms with Crippen molar-refractivity contribution in [2.75, 3.05) is 5.32 Å². The van der Waals surface area contributed by atoms with Crippen LogP contribution >= 0.6 is 0 Å². The summed E-state index contributed by atoms with van der Waals surface area (Å²) < 4.78 is 4.96. The van der Waals surface area contributed by atoms with Gasteiger partial charge in [0.15, 0.2) is 5.58 Å². The van der Waals surface area contributed by atoms with E-state index in [4.69, 9.17) is 4.42 Å². The first-order valence-electron chi connectivity index (χ1n) is 7.50. The molecule has 5 nitrogen and oxygen atoms in total. The van der Waals surface area contributed by atoms with Crippen molar-refractivity contribution in [1.82, 2.24) is 4.98 Å². The van der Waals surface area contributed by atoms with Crippen LogP contribution in [-0.4, -0.2) is 10.9 Å². The second-order valence-electron chi connectivity index (χ2n) is 5.69. The highest BCUT2D eigenvalue weighted by molar-refractivity contribution is 5.91. The Labute approximate surface area is 133 Å². The molecule has 1 heterocycles. The third kappa shape index (κ3) is 3.51. The average Bonchev–Trinajstić information content (AvgIpc) is 2.88. The summed E-state index contributed by atoms with van der Waals surface area (Å²) in [6, 6.07) is 11.3. The minimum absolute atomic E-state index is 0.0333. The van der Waals surface area contributed by atoms with E-state index in [0.717, 1.165) is 16.8 Å². The van der Waals surface area contributed by atoms with Crippen molar-refractivity contribution in [3.8, 4) is 0 Å². The zero-order valence-corrected chi connectivity index (χ0v) is 13.1. The van der Waals surface area contributed by atoms with Gasteiger partial charge < -0.3 is 9.73 Å². The number of aryl methyl sites for hydroxylation is 3. The Morgan fingerprint density at radius 3 is 2.74 bits per heavy atom. The van der Waals surface area contributed by atoms with Crippen LogP contribution in [0.25, 0.3) is 11.1 Å². The largest absolute Gasteiger partial charge is 0.417 e. The number of aromatic amines is 1. The van der Waals surface area contributed by atoms with E-state index in [2.05, 4.69) is 10.3 Å². The van der Waals surface area contributed by atoms with Gasteiger partial charge in [0.2, 0.25) is 5.91 Å². The Hall–Kier alpha value is -2.82. The predicted molar refractivity (Wildman–Crippen MR) is 89.7 cm³/mol. The van der Waals surface area contributed by atoms with Crippen molar-refractivity contribution >= 4 is 22.7 Å². The Balaban J connectivity index is 1.63. The molecule has 1 aromatic heterocycles. The second-order valence-corrected chi connectivity index (χ2v) is 5.69. The van der Waals surface area contributed by atoms with Crippen LogP contribution in [0.1, 0.15) is 23.1 Å². The number of carbonyl (C=O) groups is 1. The topological polar surface area (TPSA) is 75.1 Å². The van der Waals surface area contributed by atoms with Crippen LogP contribution in [-0.2, 0) is 11.2 Å². The molecular weight excluding hydrogens is 292 g/mol. The quantitative estimate of drug-likeness (QED) is 0.776.